The van der Waals surface area contributed by atoms with Crippen LogP contribution in [0.5, 0.6) is 0 Å². The molecule has 0 fully saturated rings. The highest BCUT2D eigenvalue weighted by atomic mass is 35.5. The lowest BCUT2D eigenvalue weighted by Crippen LogP contribution is -2.25. The molecule has 0 aliphatic rings. The highest BCUT2D eigenvalue weighted by Crippen LogP contribution is 2.10. The summed E-state index contributed by atoms with van der Waals surface area (Å²) in [6.07, 6.45) is 2.15. The van der Waals surface area contributed by atoms with Gasteiger partial charge in [-0.05, 0) is 25.5 Å². The Morgan fingerprint density at radius 3 is 2.79 bits per heavy atom. The number of aromatic nitrogens is 1. The second kappa shape index (κ2) is 5.81. The maximum absolute atomic E-state index is 12.6. The fourth-order valence-corrected chi connectivity index (χ4v) is 1.36. The fraction of sp³-hybridized carbons (Fsp3) is 0.500. The van der Waals surface area contributed by atoms with Crippen LogP contribution in [0.3, 0.4) is 0 Å². The molecule has 78 valence electrons. The van der Waals surface area contributed by atoms with E-state index in [1.54, 1.807) is 6.07 Å². The SMILES string of the molecule is CCN(CCCCl)c1ccc(F)cn1. The van der Waals surface area contributed by atoms with E-state index in [9.17, 15) is 4.39 Å². The fourth-order valence-electron chi connectivity index (χ4n) is 1.24. The van der Waals surface area contributed by atoms with Crippen molar-refractivity contribution in [3.05, 3.63) is 24.1 Å². The molecule has 0 bridgehead atoms. The van der Waals surface area contributed by atoms with E-state index >= 15 is 0 Å². The van der Waals surface area contributed by atoms with Gasteiger partial charge in [0.25, 0.3) is 0 Å². The van der Waals surface area contributed by atoms with Crippen LogP contribution < -0.4 is 4.90 Å². The van der Waals surface area contributed by atoms with Crippen molar-refractivity contribution in [2.75, 3.05) is 23.9 Å². The van der Waals surface area contributed by atoms with Gasteiger partial charge in [0, 0.05) is 19.0 Å². The number of halogens is 2. The minimum Gasteiger partial charge on any atom is -0.357 e. The van der Waals surface area contributed by atoms with E-state index in [0.717, 1.165) is 25.3 Å². The van der Waals surface area contributed by atoms with Gasteiger partial charge in [-0.1, -0.05) is 0 Å². The standard InChI is InChI=1S/C10H14ClFN2/c1-2-14(7-3-6-11)10-5-4-9(12)8-13-10/h4-5,8H,2-3,6-7H2,1H3. The number of hydrogen-bond acceptors (Lipinski definition) is 2. The molecule has 0 saturated carbocycles. The Morgan fingerprint density at radius 1 is 1.50 bits per heavy atom. The van der Waals surface area contributed by atoms with Crippen LogP contribution in [0.25, 0.3) is 0 Å². The summed E-state index contributed by atoms with van der Waals surface area (Å²) in [6, 6.07) is 3.11. The molecule has 0 aliphatic carbocycles. The predicted octanol–water partition coefficient (Wildman–Crippen LogP) is 2.68. The van der Waals surface area contributed by atoms with Crippen molar-refractivity contribution in [1.29, 1.82) is 0 Å². The molecule has 0 unspecified atom stereocenters. The van der Waals surface area contributed by atoms with Crippen LogP contribution in [0.15, 0.2) is 18.3 Å². The Kier molecular flexibility index (Phi) is 4.66. The molecule has 0 amide bonds. The van der Waals surface area contributed by atoms with Crippen molar-refractivity contribution >= 4 is 17.4 Å². The minimum atomic E-state index is -0.304. The molecule has 0 aliphatic heterocycles. The van der Waals surface area contributed by atoms with E-state index in [-0.39, 0.29) is 5.82 Å². The van der Waals surface area contributed by atoms with E-state index in [1.165, 1.54) is 12.3 Å². The minimum absolute atomic E-state index is 0.304. The van der Waals surface area contributed by atoms with E-state index in [2.05, 4.69) is 9.88 Å². The zero-order chi connectivity index (χ0) is 10.4. The van der Waals surface area contributed by atoms with Crippen LogP contribution >= 0.6 is 11.6 Å². The highest BCUT2D eigenvalue weighted by Gasteiger charge is 2.04. The molecule has 0 atom stereocenters. The van der Waals surface area contributed by atoms with Crippen LogP contribution in [-0.4, -0.2) is 24.0 Å². The lowest BCUT2D eigenvalue weighted by molar-refractivity contribution is 0.620. The van der Waals surface area contributed by atoms with Gasteiger partial charge in [-0.2, -0.15) is 0 Å². The molecule has 1 rings (SSSR count). The molecule has 0 aromatic carbocycles. The molecule has 0 radical (unpaired) electrons. The highest BCUT2D eigenvalue weighted by molar-refractivity contribution is 6.17. The number of alkyl halides is 1. The second-order valence-electron chi connectivity index (χ2n) is 2.96. The summed E-state index contributed by atoms with van der Waals surface area (Å²) < 4.78 is 12.6. The van der Waals surface area contributed by atoms with Gasteiger partial charge in [0.15, 0.2) is 0 Å². The molecule has 2 nitrogen and oxygen atoms in total. The predicted molar refractivity (Wildman–Crippen MR) is 57.4 cm³/mol. The number of pyridine rings is 1. The van der Waals surface area contributed by atoms with Gasteiger partial charge in [0.1, 0.15) is 11.6 Å². The van der Waals surface area contributed by atoms with Crippen molar-refractivity contribution < 1.29 is 4.39 Å². The molecule has 0 N–H and O–H groups in total. The maximum atomic E-state index is 12.6. The number of nitrogens with zero attached hydrogens (tertiary/aromatic N) is 2. The van der Waals surface area contributed by atoms with Crippen LogP contribution in [-0.2, 0) is 0 Å². The topological polar surface area (TPSA) is 16.1 Å². The summed E-state index contributed by atoms with van der Waals surface area (Å²) in [7, 11) is 0. The van der Waals surface area contributed by atoms with Crippen LogP contribution in [0.2, 0.25) is 0 Å². The number of rotatable bonds is 5. The monoisotopic (exact) mass is 216 g/mol. The van der Waals surface area contributed by atoms with E-state index < -0.39 is 0 Å². The Bertz CT molecular complexity index is 263. The molecule has 1 heterocycles. The van der Waals surface area contributed by atoms with Gasteiger partial charge >= 0.3 is 0 Å². The molecular formula is C10H14ClFN2. The Balaban J connectivity index is 2.64. The summed E-state index contributed by atoms with van der Waals surface area (Å²) in [6.45, 7) is 3.76. The molecular weight excluding hydrogens is 203 g/mol. The van der Waals surface area contributed by atoms with Crippen molar-refractivity contribution in [2.24, 2.45) is 0 Å². The summed E-state index contributed by atoms with van der Waals surface area (Å²) in [4.78, 5) is 6.08. The number of anilines is 1. The summed E-state index contributed by atoms with van der Waals surface area (Å²) in [5, 5.41) is 0. The average Bonchev–Trinajstić information content (AvgIpc) is 2.21. The van der Waals surface area contributed by atoms with Crippen molar-refractivity contribution in [1.82, 2.24) is 4.98 Å². The van der Waals surface area contributed by atoms with Crippen LogP contribution in [0.1, 0.15) is 13.3 Å². The van der Waals surface area contributed by atoms with E-state index in [1.807, 2.05) is 6.92 Å². The maximum Gasteiger partial charge on any atom is 0.141 e. The largest absolute Gasteiger partial charge is 0.357 e. The van der Waals surface area contributed by atoms with Crippen LogP contribution in [0.4, 0.5) is 10.2 Å². The first kappa shape index (κ1) is 11.2. The third kappa shape index (κ3) is 3.14. The first-order valence-corrected chi connectivity index (χ1v) is 5.24. The quantitative estimate of drug-likeness (QED) is 0.704. The third-order valence-electron chi connectivity index (χ3n) is 1.98. The molecule has 1 aromatic heterocycles. The van der Waals surface area contributed by atoms with Gasteiger partial charge in [0.05, 0.1) is 6.20 Å². The summed E-state index contributed by atoms with van der Waals surface area (Å²) >= 11 is 5.61. The zero-order valence-corrected chi connectivity index (χ0v) is 8.97. The van der Waals surface area contributed by atoms with Gasteiger partial charge < -0.3 is 4.90 Å². The lowest BCUT2D eigenvalue weighted by atomic mass is 10.3. The average molecular weight is 217 g/mol. The zero-order valence-electron chi connectivity index (χ0n) is 8.21. The summed E-state index contributed by atoms with van der Waals surface area (Å²) in [5.74, 6) is 1.14. The van der Waals surface area contributed by atoms with Gasteiger partial charge in [0.2, 0.25) is 0 Å². The first-order valence-electron chi connectivity index (χ1n) is 4.70. The van der Waals surface area contributed by atoms with Gasteiger partial charge in [-0.25, -0.2) is 9.37 Å². The lowest BCUT2D eigenvalue weighted by Gasteiger charge is -2.21. The first-order chi connectivity index (χ1) is 6.77. The summed E-state index contributed by atoms with van der Waals surface area (Å²) in [5.41, 5.74) is 0. The Hall–Kier alpha value is -0.830. The molecule has 0 saturated heterocycles. The van der Waals surface area contributed by atoms with Crippen molar-refractivity contribution in [3.8, 4) is 0 Å². The third-order valence-corrected chi connectivity index (χ3v) is 2.25. The molecule has 14 heavy (non-hydrogen) atoms. The molecule has 1 aromatic rings. The second-order valence-corrected chi connectivity index (χ2v) is 3.33. The molecule has 0 spiro atoms. The van der Waals surface area contributed by atoms with E-state index in [4.69, 9.17) is 11.6 Å². The van der Waals surface area contributed by atoms with Gasteiger partial charge in [-0.3, -0.25) is 0 Å². The molecule has 4 heteroatoms. The van der Waals surface area contributed by atoms with E-state index in [0.29, 0.717) is 5.88 Å². The Labute approximate surface area is 88.7 Å². The number of hydrogen-bond donors (Lipinski definition) is 0. The van der Waals surface area contributed by atoms with Crippen molar-refractivity contribution in [3.63, 3.8) is 0 Å². The van der Waals surface area contributed by atoms with Crippen molar-refractivity contribution in [2.45, 2.75) is 13.3 Å². The smallest absolute Gasteiger partial charge is 0.141 e. The van der Waals surface area contributed by atoms with Crippen LogP contribution in [0, 0.1) is 5.82 Å². The normalized spacial score (nSPS) is 10.2. The van der Waals surface area contributed by atoms with Gasteiger partial charge in [-0.15, -0.1) is 11.6 Å². The Morgan fingerprint density at radius 2 is 2.29 bits per heavy atom.